The van der Waals surface area contributed by atoms with Crippen LogP contribution >= 0.6 is 0 Å². The van der Waals surface area contributed by atoms with Gasteiger partial charge in [-0.3, -0.25) is 0 Å². The molecule has 0 bridgehead atoms. The number of nitrogens with zero attached hydrogens (tertiary/aromatic N) is 5. The third kappa shape index (κ3) is 6.89. The Morgan fingerprint density at radius 3 is 2.59 bits per heavy atom. The predicted molar refractivity (Wildman–Crippen MR) is 148 cm³/mol. The number of rotatable bonds is 10. The Labute approximate surface area is 225 Å². The summed E-state index contributed by atoms with van der Waals surface area (Å²) >= 11 is 0. The van der Waals surface area contributed by atoms with Crippen LogP contribution in [0.25, 0.3) is 0 Å². The fourth-order valence-electron chi connectivity index (χ4n) is 4.02. The molecule has 200 valence electrons. The highest BCUT2D eigenvalue weighted by molar-refractivity contribution is 5.89. The highest BCUT2D eigenvalue weighted by Gasteiger charge is 2.17. The quantitative estimate of drug-likeness (QED) is 0.122. The normalized spacial score (nSPS) is 13.3. The number of hydrogen-bond donors (Lipinski definition) is 2. The highest BCUT2D eigenvalue weighted by Crippen LogP contribution is 2.29. The van der Waals surface area contributed by atoms with Crippen molar-refractivity contribution in [3.8, 4) is 11.5 Å². The average Bonchev–Trinajstić information content (AvgIpc) is 3.51. The summed E-state index contributed by atoms with van der Waals surface area (Å²) in [5.74, 6) is 1.53. The number of esters is 1. The summed E-state index contributed by atoms with van der Waals surface area (Å²) in [5, 5.41) is 7.57. The molecule has 0 radical (unpaired) electrons. The Morgan fingerprint density at radius 1 is 1.00 bits per heavy atom. The lowest BCUT2D eigenvalue weighted by Gasteiger charge is -2.26. The van der Waals surface area contributed by atoms with Crippen LogP contribution in [-0.2, 0) is 0 Å². The largest absolute Gasteiger partial charge is 0.490 e. The van der Waals surface area contributed by atoms with Crippen LogP contribution in [0, 0.1) is 0 Å². The Kier molecular flexibility index (Phi) is 8.27. The molecule has 0 spiro atoms. The molecule has 1 fully saturated rings. The molecule has 1 aliphatic heterocycles. The van der Waals surface area contributed by atoms with E-state index in [1.165, 1.54) is 18.8 Å². The van der Waals surface area contributed by atoms with Crippen LogP contribution in [0.2, 0.25) is 0 Å². The number of nitrogens with one attached hydrogen (secondary N) is 2. The molecule has 0 saturated carbocycles. The molecule has 3 heterocycles. The third-order valence-corrected chi connectivity index (χ3v) is 5.86. The number of hydrazone groups is 1. The van der Waals surface area contributed by atoms with Crippen LogP contribution in [0.15, 0.2) is 76.4 Å². The minimum absolute atomic E-state index is 0.106. The van der Waals surface area contributed by atoms with Gasteiger partial charge in [-0.05, 0) is 74.2 Å². The van der Waals surface area contributed by atoms with Crippen molar-refractivity contribution in [2.24, 2.45) is 5.10 Å². The molecule has 0 atom stereocenters. The fourth-order valence-corrected chi connectivity index (χ4v) is 4.02. The minimum atomic E-state index is -0.608. The van der Waals surface area contributed by atoms with Crippen molar-refractivity contribution in [3.63, 3.8) is 0 Å². The van der Waals surface area contributed by atoms with Crippen LogP contribution in [0.5, 0.6) is 11.5 Å². The van der Waals surface area contributed by atoms with Crippen LogP contribution in [0.1, 0.15) is 42.3 Å². The van der Waals surface area contributed by atoms with Crippen molar-refractivity contribution >= 4 is 35.7 Å². The second kappa shape index (κ2) is 12.5. The molecule has 0 aliphatic carbocycles. The zero-order valence-corrected chi connectivity index (χ0v) is 21.5. The summed E-state index contributed by atoms with van der Waals surface area (Å²) in [6.07, 6.45) is 6.42. The van der Waals surface area contributed by atoms with Gasteiger partial charge >= 0.3 is 5.97 Å². The van der Waals surface area contributed by atoms with Crippen LogP contribution in [0.4, 0.5) is 23.5 Å². The van der Waals surface area contributed by atoms with E-state index in [0.29, 0.717) is 30.2 Å². The minimum Gasteiger partial charge on any atom is -0.490 e. The molecule has 5 rings (SSSR count). The van der Waals surface area contributed by atoms with Gasteiger partial charge in [-0.15, -0.1) is 0 Å². The molecular formula is C28H29N7O4. The van der Waals surface area contributed by atoms with E-state index in [0.717, 1.165) is 37.2 Å². The Hall–Kier alpha value is -4.93. The topological polar surface area (TPSA) is 127 Å². The van der Waals surface area contributed by atoms with Gasteiger partial charge in [-0.1, -0.05) is 18.2 Å². The maximum Gasteiger partial charge on any atom is 0.379 e. The van der Waals surface area contributed by atoms with Gasteiger partial charge in [0.25, 0.3) is 0 Å². The molecule has 39 heavy (non-hydrogen) atoms. The number of benzene rings is 2. The van der Waals surface area contributed by atoms with E-state index >= 15 is 0 Å². The third-order valence-electron chi connectivity index (χ3n) is 5.86. The first-order valence-electron chi connectivity index (χ1n) is 12.8. The zero-order valence-electron chi connectivity index (χ0n) is 21.5. The maximum absolute atomic E-state index is 12.3. The molecule has 2 aromatic heterocycles. The Bertz CT molecular complexity index is 1400. The number of para-hydroxylation sites is 1. The van der Waals surface area contributed by atoms with E-state index in [-0.39, 0.29) is 11.5 Å². The summed E-state index contributed by atoms with van der Waals surface area (Å²) in [6, 6.07) is 18.0. The van der Waals surface area contributed by atoms with Crippen molar-refractivity contribution in [2.45, 2.75) is 26.2 Å². The van der Waals surface area contributed by atoms with E-state index in [2.05, 4.69) is 35.7 Å². The molecule has 4 aromatic rings. The molecule has 0 amide bonds. The molecule has 11 heteroatoms. The summed E-state index contributed by atoms with van der Waals surface area (Å²) in [6.45, 7) is 4.04. The van der Waals surface area contributed by atoms with Crippen LogP contribution in [0.3, 0.4) is 0 Å². The SMILES string of the molecule is CCOc1cc(C=NNc2nc(Nc3ccccc3)nc(N3CCCCC3)n2)ccc1OC(=O)c1ccco1. The standard InChI is InChI=1S/C28H29N7O4/c1-2-37-24-18-20(13-14-22(24)39-25(36)23-12-9-17-38-23)19-29-34-27-31-26(30-21-10-5-3-6-11-21)32-28(33-27)35-15-7-4-8-16-35/h3,5-6,9-14,17-19H,2,4,7-8,15-16H2,1H3,(H2,30,31,32,33,34). The monoisotopic (exact) mass is 527 g/mol. The van der Waals surface area contributed by atoms with Gasteiger partial charge in [0.05, 0.1) is 19.1 Å². The first-order chi connectivity index (χ1) is 19.2. The van der Waals surface area contributed by atoms with E-state index in [9.17, 15) is 4.79 Å². The van der Waals surface area contributed by atoms with E-state index in [1.54, 1.807) is 30.5 Å². The second-order valence-corrected chi connectivity index (χ2v) is 8.70. The number of anilines is 4. The summed E-state index contributed by atoms with van der Waals surface area (Å²) in [5.41, 5.74) is 4.51. The number of piperidine rings is 1. The number of aromatic nitrogens is 3. The molecule has 1 saturated heterocycles. The van der Waals surface area contributed by atoms with Crippen LogP contribution in [-0.4, -0.2) is 46.8 Å². The van der Waals surface area contributed by atoms with Gasteiger partial charge in [0.15, 0.2) is 11.5 Å². The fraction of sp³-hybridized carbons (Fsp3) is 0.250. The molecule has 2 N–H and O–H groups in total. The van der Waals surface area contributed by atoms with Gasteiger partial charge in [0.1, 0.15) is 0 Å². The maximum atomic E-state index is 12.3. The highest BCUT2D eigenvalue weighted by atomic mass is 16.6. The van der Waals surface area contributed by atoms with Gasteiger partial charge in [-0.2, -0.15) is 20.1 Å². The van der Waals surface area contributed by atoms with E-state index in [1.807, 2.05) is 37.3 Å². The first-order valence-corrected chi connectivity index (χ1v) is 12.8. The molecule has 2 aromatic carbocycles. The first kappa shape index (κ1) is 25.7. The molecular weight excluding hydrogens is 498 g/mol. The van der Waals surface area contributed by atoms with Crippen molar-refractivity contribution in [1.82, 2.24) is 15.0 Å². The Morgan fingerprint density at radius 2 is 1.82 bits per heavy atom. The average molecular weight is 528 g/mol. The Balaban J connectivity index is 1.32. The van der Waals surface area contributed by atoms with Crippen molar-refractivity contribution in [1.29, 1.82) is 0 Å². The summed E-state index contributed by atoms with van der Waals surface area (Å²) < 4.78 is 16.2. The number of ether oxygens (including phenoxy) is 2. The van der Waals surface area contributed by atoms with Gasteiger partial charge in [0, 0.05) is 18.8 Å². The van der Waals surface area contributed by atoms with Crippen molar-refractivity contribution in [2.75, 3.05) is 35.3 Å². The summed E-state index contributed by atoms with van der Waals surface area (Å²) in [4.78, 5) is 28.2. The van der Waals surface area contributed by atoms with Crippen molar-refractivity contribution in [3.05, 3.63) is 78.3 Å². The smallest absolute Gasteiger partial charge is 0.379 e. The van der Waals surface area contributed by atoms with Crippen LogP contribution < -0.4 is 25.1 Å². The van der Waals surface area contributed by atoms with Gasteiger partial charge < -0.3 is 24.1 Å². The second-order valence-electron chi connectivity index (χ2n) is 8.70. The van der Waals surface area contributed by atoms with Gasteiger partial charge in [0.2, 0.25) is 23.6 Å². The number of hydrogen-bond acceptors (Lipinski definition) is 11. The zero-order chi connectivity index (χ0) is 26.9. The summed E-state index contributed by atoms with van der Waals surface area (Å²) in [7, 11) is 0. The molecule has 11 nitrogen and oxygen atoms in total. The number of furan rings is 1. The van der Waals surface area contributed by atoms with Gasteiger partial charge in [-0.25, -0.2) is 10.2 Å². The molecule has 1 aliphatic rings. The molecule has 0 unspecified atom stereocenters. The lowest BCUT2D eigenvalue weighted by Crippen LogP contribution is -2.31. The predicted octanol–water partition coefficient (Wildman–Crippen LogP) is 5.26. The number of carbonyl (C=O) groups is 1. The van der Waals surface area contributed by atoms with E-state index < -0.39 is 5.97 Å². The van der Waals surface area contributed by atoms with E-state index in [4.69, 9.17) is 13.9 Å². The lowest BCUT2D eigenvalue weighted by atomic mass is 10.1. The lowest BCUT2D eigenvalue weighted by molar-refractivity contribution is 0.0695. The van der Waals surface area contributed by atoms with Crippen molar-refractivity contribution < 1.29 is 18.7 Å². The number of carbonyl (C=O) groups excluding carboxylic acids is 1.